The molecule has 4 atom stereocenters. The summed E-state index contributed by atoms with van der Waals surface area (Å²) < 4.78 is 23.8. The van der Waals surface area contributed by atoms with Crippen LogP contribution < -0.4 is 19.5 Å². The van der Waals surface area contributed by atoms with Gasteiger partial charge in [0.25, 0.3) is 11.8 Å². The number of hydrogen-bond acceptors (Lipinski definition) is 9. The molecule has 0 bridgehead atoms. The molecule has 2 amide bonds. The van der Waals surface area contributed by atoms with Crippen molar-refractivity contribution in [1.82, 2.24) is 14.8 Å². The Morgan fingerprint density at radius 2 is 1.83 bits per heavy atom. The first-order valence-electron chi connectivity index (χ1n) is 16.3. The highest BCUT2D eigenvalue weighted by molar-refractivity contribution is 6.05. The van der Waals surface area contributed by atoms with Crippen molar-refractivity contribution >= 4 is 17.5 Å². The summed E-state index contributed by atoms with van der Waals surface area (Å²) in [6.45, 7) is 8.21. The van der Waals surface area contributed by atoms with Crippen LogP contribution in [-0.4, -0.2) is 90.1 Å². The van der Waals surface area contributed by atoms with Gasteiger partial charge in [-0.3, -0.25) is 19.5 Å². The molecule has 3 heterocycles. The molecule has 2 aliphatic heterocycles. The maximum atomic E-state index is 14.4. The molecule has 3 aromatic rings. The van der Waals surface area contributed by atoms with Gasteiger partial charge in [0.2, 0.25) is 6.79 Å². The monoisotopic (exact) mass is 646 g/mol. The molecule has 2 aromatic carbocycles. The molecule has 252 valence electrons. The fourth-order valence-corrected chi connectivity index (χ4v) is 5.89. The fourth-order valence-electron chi connectivity index (χ4n) is 5.89. The van der Waals surface area contributed by atoms with Gasteiger partial charge >= 0.3 is 0 Å². The number of carbonyl (C=O) groups excluding carboxylic acids is 2. The summed E-state index contributed by atoms with van der Waals surface area (Å²) in [4.78, 5) is 35.2. The maximum absolute atomic E-state index is 14.4. The second-order valence-corrected chi connectivity index (χ2v) is 12.6. The molecule has 1 aromatic heterocycles. The van der Waals surface area contributed by atoms with Gasteiger partial charge in [0.1, 0.15) is 5.75 Å². The molecule has 0 saturated heterocycles. The summed E-state index contributed by atoms with van der Waals surface area (Å²) >= 11 is 0. The molecule has 0 saturated carbocycles. The molecule has 11 nitrogen and oxygen atoms in total. The van der Waals surface area contributed by atoms with Gasteiger partial charge in [0.05, 0.1) is 30.4 Å². The predicted molar refractivity (Wildman–Crippen MR) is 178 cm³/mol. The summed E-state index contributed by atoms with van der Waals surface area (Å²) in [5.74, 6) is 1.29. The highest BCUT2D eigenvalue weighted by Gasteiger charge is 2.30. The Kier molecular flexibility index (Phi) is 11.7. The third kappa shape index (κ3) is 9.00. The first kappa shape index (κ1) is 34.2. The van der Waals surface area contributed by atoms with E-state index in [9.17, 15) is 14.7 Å². The molecule has 47 heavy (non-hydrogen) atoms. The van der Waals surface area contributed by atoms with Crippen LogP contribution in [0.4, 0.5) is 5.69 Å². The molecule has 5 rings (SSSR count). The van der Waals surface area contributed by atoms with Crippen LogP contribution in [0.5, 0.6) is 17.2 Å². The third-order valence-electron chi connectivity index (χ3n) is 8.63. The number of hydrogen-bond donors (Lipinski definition) is 2. The Morgan fingerprint density at radius 3 is 2.62 bits per heavy atom. The lowest BCUT2D eigenvalue weighted by Gasteiger charge is -2.36. The van der Waals surface area contributed by atoms with Crippen LogP contribution in [0.15, 0.2) is 60.9 Å². The molecular weight excluding hydrogens is 600 g/mol. The Bertz CT molecular complexity index is 1500. The van der Waals surface area contributed by atoms with Gasteiger partial charge in [0, 0.05) is 55.8 Å². The van der Waals surface area contributed by atoms with Crippen LogP contribution in [0, 0.1) is 5.92 Å². The van der Waals surface area contributed by atoms with E-state index in [0.717, 1.165) is 36.3 Å². The smallest absolute Gasteiger partial charge is 0.258 e. The van der Waals surface area contributed by atoms with Crippen molar-refractivity contribution < 1.29 is 33.6 Å². The van der Waals surface area contributed by atoms with Gasteiger partial charge in [-0.05, 0) is 88.2 Å². The molecule has 0 fully saturated rings. The summed E-state index contributed by atoms with van der Waals surface area (Å²) in [5, 5.41) is 13.1. The van der Waals surface area contributed by atoms with E-state index < -0.39 is 6.04 Å². The van der Waals surface area contributed by atoms with Crippen molar-refractivity contribution in [3.8, 4) is 17.2 Å². The zero-order valence-electron chi connectivity index (χ0n) is 27.7. The number of rotatable bonds is 8. The fraction of sp³-hybridized carbons (Fsp3) is 0.472. The lowest BCUT2D eigenvalue weighted by Crippen LogP contribution is -2.47. The number of nitrogens with one attached hydrogen (secondary N) is 1. The zero-order valence-corrected chi connectivity index (χ0v) is 27.7. The number of benzene rings is 2. The Labute approximate surface area is 276 Å². The third-order valence-corrected chi connectivity index (χ3v) is 8.63. The lowest BCUT2D eigenvalue weighted by atomic mass is 10.0. The predicted octanol–water partition coefficient (Wildman–Crippen LogP) is 4.99. The van der Waals surface area contributed by atoms with Crippen LogP contribution in [0.25, 0.3) is 0 Å². The summed E-state index contributed by atoms with van der Waals surface area (Å²) in [6.07, 6.45) is 5.37. The van der Waals surface area contributed by atoms with E-state index in [-0.39, 0.29) is 43.3 Å². The normalized spacial score (nSPS) is 21.0. The Morgan fingerprint density at radius 1 is 1.06 bits per heavy atom. The largest absolute Gasteiger partial charge is 0.490 e. The van der Waals surface area contributed by atoms with Crippen molar-refractivity contribution in [2.45, 2.75) is 64.8 Å². The molecule has 0 radical (unpaired) electrons. The number of carbonyl (C=O) groups is 2. The van der Waals surface area contributed by atoms with E-state index in [1.807, 2.05) is 32.0 Å². The van der Waals surface area contributed by atoms with Crippen LogP contribution in [0.2, 0.25) is 0 Å². The van der Waals surface area contributed by atoms with Gasteiger partial charge < -0.3 is 34.3 Å². The molecule has 0 spiro atoms. The van der Waals surface area contributed by atoms with Gasteiger partial charge in [-0.2, -0.15) is 0 Å². The van der Waals surface area contributed by atoms with E-state index in [2.05, 4.69) is 29.2 Å². The number of anilines is 1. The van der Waals surface area contributed by atoms with Crippen molar-refractivity contribution in [1.29, 1.82) is 0 Å². The average Bonchev–Trinajstić information content (AvgIpc) is 3.54. The average molecular weight is 647 g/mol. The minimum atomic E-state index is -0.467. The van der Waals surface area contributed by atoms with Gasteiger partial charge in [-0.25, -0.2) is 0 Å². The first-order valence-corrected chi connectivity index (χ1v) is 16.3. The number of aromatic nitrogens is 1. The Hall–Kier alpha value is -4.19. The zero-order chi connectivity index (χ0) is 33.3. The van der Waals surface area contributed by atoms with Crippen LogP contribution in [0.3, 0.4) is 0 Å². The van der Waals surface area contributed by atoms with E-state index in [0.29, 0.717) is 48.8 Å². The summed E-state index contributed by atoms with van der Waals surface area (Å²) in [6, 6.07) is 13.9. The van der Waals surface area contributed by atoms with Crippen LogP contribution in [-0.2, 0) is 11.3 Å². The van der Waals surface area contributed by atoms with E-state index in [1.165, 1.54) is 0 Å². The highest BCUT2D eigenvalue weighted by atomic mass is 16.7. The first-order chi connectivity index (χ1) is 22.7. The van der Waals surface area contributed by atoms with Crippen molar-refractivity contribution in [3.63, 3.8) is 0 Å². The van der Waals surface area contributed by atoms with E-state index in [1.54, 1.807) is 47.6 Å². The number of aliphatic hydroxyl groups is 1. The number of ether oxygens (including phenoxy) is 4. The number of likely N-dealkylation sites (N-methyl/N-ethyl adjacent to an activating group) is 1. The molecule has 2 aliphatic rings. The van der Waals surface area contributed by atoms with Crippen LogP contribution in [0.1, 0.15) is 66.3 Å². The van der Waals surface area contributed by atoms with E-state index in [4.69, 9.17) is 18.9 Å². The maximum Gasteiger partial charge on any atom is 0.258 e. The van der Waals surface area contributed by atoms with Gasteiger partial charge in [-0.1, -0.05) is 13.0 Å². The van der Waals surface area contributed by atoms with Crippen molar-refractivity contribution in [2.75, 3.05) is 45.5 Å². The molecule has 11 heteroatoms. The highest BCUT2D eigenvalue weighted by Crippen LogP contribution is 2.33. The number of amides is 2. The van der Waals surface area contributed by atoms with E-state index >= 15 is 0 Å². The van der Waals surface area contributed by atoms with Crippen molar-refractivity contribution in [2.24, 2.45) is 5.92 Å². The molecule has 2 N–H and O–H groups in total. The number of fused-ring (bicyclic) bond motifs is 2. The van der Waals surface area contributed by atoms with Gasteiger partial charge in [0.15, 0.2) is 11.5 Å². The minimum absolute atomic E-state index is 0.0621. The van der Waals surface area contributed by atoms with Gasteiger partial charge in [-0.15, -0.1) is 0 Å². The standard InChI is InChI=1S/C36H46N4O7/c1-24-19-40(25(2)22-41)36(43)30-18-29(38-35(42)28-12-14-37-15-13-28)9-11-31(30)47-26(3)7-5-6-16-44-34(24)21-39(4)20-27-8-10-32-33(17-27)46-23-45-32/h8-15,17-18,24-26,34,41H,5-7,16,19-23H2,1-4H3,(H,38,42)/t24-,25-,26-,34-/m0/s1. The molecule has 0 aliphatic carbocycles. The SMILES string of the molecule is C[C@H]1CCCCO[C@@H](CN(C)Cc2ccc3c(c2)OCO3)[C@@H](C)CN([C@@H](C)CO)C(=O)c2cc(NC(=O)c3ccncc3)ccc2O1. The molecular formula is C36H46N4O7. The number of aliphatic hydroxyl groups excluding tert-OH is 1. The lowest BCUT2D eigenvalue weighted by molar-refractivity contribution is -0.0177. The van der Waals surface area contributed by atoms with Crippen molar-refractivity contribution in [3.05, 3.63) is 77.6 Å². The summed E-state index contributed by atoms with van der Waals surface area (Å²) in [5.41, 5.74) is 2.35. The number of nitrogens with zero attached hydrogens (tertiary/aromatic N) is 3. The summed E-state index contributed by atoms with van der Waals surface area (Å²) in [7, 11) is 2.06. The minimum Gasteiger partial charge on any atom is -0.490 e. The molecule has 0 unspecified atom stereocenters. The topological polar surface area (TPSA) is 123 Å². The Balaban J connectivity index is 1.38. The quantitative estimate of drug-likeness (QED) is 0.349. The second-order valence-electron chi connectivity index (χ2n) is 12.6. The number of pyridine rings is 1. The van der Waals surface area contributed by atoms with Crippen LogP contribution >= 0.6 is 0 Å². The second kappa shape index (κ2) is 16.1.